The molecular weight excluding hydrogens is 250 g/mol. The second kappa shape index (κ2) is 5.79. The number of hydrogen-bond donors (Lipinski definition) is 0. The molecule has 0 bridgehead atoms. The summed E-state index contributed by atoms with van der Waals surface area (Å²) in [5, 5.41) is 13.4. The summed E-state index contributed by atoms with van der Waals surface area (Å²) in [5.74, 6) is 0.621. The van der Waals surface area contributed by atoms with Gasteiger partial charge in [-0.3, -0.25) is 0 Å². The number of benzene rings is 1. The third-order valence-corrected chi connectivity index (χ3v) is 3.56. The topological polar surface area (TPSA) is 53.1 Å². The number of rotatable bonds is 4. The van der Waals surface area contributed by atoms with Gasteiger partial charge in [0.15, 0.2) is 0 Å². The Labute approximate surface area is 119 Å². The van der Waals surface area contributed by atoms with Gasteiger partial charge in [-0.1, -0.05) is 17.3 Å². The first-order valence-electron chi connectivity index (χ1n) is 6.61. The van der Waals surface area contributed by atoms with Gasteiger partial charge in [0.1, 0.15) is 5.76 Å². The summed E-state index contributed by atoms with van der Waals surface area (Å²) in [5.41, 5.74) is 4.06. The molecule has 4 heteroatoms. The monoisotopic (exact) mass is 269 g/mol. The van der Waals surface area contributed by atoms with E-state index in [-0.39, 0.29) is 5.92 Å². The Balaban J connectivity index is 2.23. The van der Waals surface area contributed by atoms with E-state index in [1.54, 1.807) is 0 Å². The van der Waals surface area contributed by atoms with Crippen molar-refractivity contribution in [2.24, 2.45) is 0 Å². The third kappa shape index (κ3) is 2.83. The van der Waals surface area contributed by atoms with Crippen LogP contribution in [0.15, 0.2) is 28.8 Å². The zero-order chi connectivity index (χ0) is 14.7. The number of aromatic nitrogens is 1. The average molecular weight is 269 g/mol. The molecule has 20 heavy (non-hydrogen) atoms. The molecule has 1 heterocycles. The maximum absolute atomic E-state index is 9.43. The van der Waals surface area contributed by atoms with Crippen LogP contribution in [0.3, 0.4) is 0 Å². The highest BCUT2D eigenvalue weighted by molar-refractivity contribution is 5.47. The Morgan fingerprint density at radius 3 is 2.35 bits per heavy atom. The summed E-state index contributed by atoms with van der Waals surface area (Å²) in [7, 11) is 4.00. The largest absolute Gasteiger partial charge is 0.378 e. The lowest BCUT2D eigenvalue weighted by atomic mass is 9.92. The van der Waals surface area contributed by atoms with E-state index >= 15 is 0 Å². The Hall–Kier alpha value is -2.28. The van der Waals surface area contributed by atoms with Crippen LogP contribution in [0.5, 0.6) is 0 Å². The lowest BCUT2D eigenvalue weighted by Crippen LogP contribution is -2.09. The van der Waals surface area contributed by atoms with Gasteiger partial charge in [0.2, 0.25) is 0 Å². The maximum atomic E-state index is 9.43. The molecule has 4 nitrogen and oxygen atoms in total. The van der Waals surface area contributed by atoms with Crippen LogP contribution in [0.25, 0.3) is 0 Å². The molecule has 2 aromatic rings. The standard InChI is InChI=1S/C16H19N3O/c1-11-16(12(2)20-18-11)9-14(10-17)13-5-7-15(8-6-13)19(3)4/h5-8,14H,9H2,1-4H3. The number of nitrogens with zero attached hydrogens (tertiary/aromatic N) is 3. The molecule has 104 valence electrons. The predicted octanol–water partition coefficient (Wildman–Crippen LogP) is 3.21. The van der Waals surface area contributed by atoms with Gasteiger partial charge in [0, 0.05) is 25.3 Å². The van der Waals surface area contributed by atoms with Crippen molar-refractivity contribution >= 4 is 5.69 Å². The van der Waals surface area contributed by atoms with Gasteiger partial charge in [0.25, 0.3) is 0 Å². The van der Waals surface area contributed by atoms with E-state index in [0.29, 0.717) is 6.42 Å². The molecule has 0 saturated heterocycles. The van der Waals surface area contributed by atoms with Gasteiger partial charge in [-0.15, -0.1) is 0 Å². The van der Waals surface area contributed by atoms with E-state index in [1.165, 1.54) is 0 Å². The summed E-state index contributed by atoms with van der Waals surface area (Å²) in [4.78, 5) is 2.04. The molecule has 0 amide bonds. The van der Waals surface area contributed by atoms with Crippen LogP contribution in [-0.4, -0.2) is 19.3 Å². The molecule has 1 unspecified atom stereocenters. The van der Waals surface area contributed by atoms with Crippen LogP contribution in [0.4, 0.5) is 5.69 Å². The fourth-order valence-electron chi connectivity index (χ4n) is 2.24. The molecule has 0 aliphatic rings. The predicted molar refractivity (Wildman–Crippen MR) is 78.8 cm³/mol. The molecule has 0 radical (unpaired) electrons. The van der Waals surface area contributed by atoms with E-state index in [4.69, 9.17) is 4.52 Å². The summed E-state index contributed by atoms with van der Waals surface area (Å²) in [6.07, 6.45) is 0.638. The van der Waals surface area contributed by atoms with Crippen LogP contribution in [0, 0.1) is 25.2 Å². The molecule has 1 aromatic heterocycles. The minimum Gasteiger partial charge on any atom is -0.378 e. The molecule has 1 aromatic carbocycles. The lowest BCUT2D eigenvalue weighted by Gasteiger charge is -2.14. The van der Waals surface area contributed by atoms with Crippen LogP contribution in [-0.2, 0) is 6.42 Å². The van der Waals surface area contributed by atoms with Crippen LogP contribution < -0.4 is 4.90 Å². The summed E-state index contributed by atoms with van der Waals surface area (Å²) in [6, 6.07) is 10.5. The minimum absolute atomic E-state index is 0.178. The summed E-state index contributed by atoms with van der Waals surface area (Å²) < 4.78 is 5.16. The SMILES string of the molecule is Cc1noc(C)c1CC(C#N)c1ccc(N(C)C)cc1. The van der Waals surface area contributed by atoms with Crippen molar-refractivity contribution in [3.8, 4) is 6.07 Å². The van der Waals surface area contributed by atoms with E-state index in [2.05, 4.69) is 11.2 Å². The number of anilines is 1. The van der Waals surface area contributed by atoms with E-state index in [9.17, 15) is 5.26 Å². The van der Waals surface area contributed by atoms with Gasteiger partial charge < -0.3 is 9.42 Å². The molecule has 0 N–H and O–H groups in total. The first-order chi connectivity index (χ1) is 9.52. The third-order valence-electron chi connectivity index (χ3n) is 3.56. The molecule has 0 aliphatic heterocycles. The molecule has 0 spiro atoms. The van der Waals surface area contributed by atoms with Crippen molar-refractivity contribution < 1.29 is 4.52 Å². The number of aryl methyl sites for hydroxylation is 2. The Morgan fingerprint density at radius 2 is 1.90 bits per heavy atom. The molecule has 0 saturated carbocycles. The van der Waals surface area contributed by atoms with Crippen LogP contribution >= 0.6 is 0 Å². The van der Waals surface area contributed by atoms with E-state index in [1.807, 2.05) is 57.1 Å². The lowest BCUT2D eigenvalue weighted by molar-refractivity contribution is 0.392. The highest BCUT2D eigenvalue weighted by atomic mass is 16.5. The number of nitriles is 1. The molecule has 2 rings (SSSR count). The first-order valence-corrected chi connectivity index (χ1v) is 6.61. The number of hydrogen-bond acceptors (Lipinski definition) is 4. The fraction of sp³-hybridized carbons (Fsp3) is 0.375. The first kappa shape index (κ1) is 14.1. The molecule has 1 atom stereocenters. The van der Waals surface area contributed by atoms with Gasteiger partial charge in [-0.05, 0) is 38.0 Å². The van der Waals surface area contributed by atoms with Gasteiger partial charge in [-0.25, -0.2) is 0 Å². The highest BCUT2D eigenvalue weighted by Gasteiger charge is 2.17. The van der Waals surface area contributed by atoms with Crippen molar-refractivity contribution in [1.82, 2.24) is 5.16 Å². The zero-order valence-electron chi connectivity index (χ0n) is 12.3. The Kier molecular flexibility index (Phi) is 4.09. The maximum Gasteiger partial charge on any atom is 0.137 e. The van der Waals surface area contributed by atoms with Gasteiger partial charge in [0.05, 0.1) is 17.7 Å². The molecule has 0 aliphatic carbocycles. The van der Waals surface area contributed by atoms with Crippen molar-refractivity contribution in [2.45, 2.75) is 26.2 Å². The smallest absolute Gasteiger partial charge is 0.137 e. The van der Waals surface area contributed by atoms with Crippen molar-refractivity contribution in [1.29, 1.82) is 5.26 Å². The van der Waals surface area contributed by atoms with E-state index in [0.717, 1.165) is 28.3 Å². The zero-order valence-corrected chi connectivity index (χ0v) is 12.3. The molecular formula is C16H19N3O. The van der Waals surface area contributed by atoms with Crippen LogP contribution in [0.1, 0.15) is 28.5 Å². The Morgan fingerprint density at radius 1 is 1.25 bits per heavy atom. The fourth-order valence-corrected chi connectivity index (χ4v) is 2.24. The normalized spacial score (nSPS) is 11.9. The van der Waals surface area contributed by atoms with Gasteiger partial charge in [-0.2, -0.15) is 5.26 Å². The second-order valence-electron chi connectivity index (χ2n) is 5.17. The second-order valence-corrected chi connectivity index (χ2v) is 5.17. The van der Waals surface area contributed by atoms with Crippen molar-refractivity contribution in [3.05, 3.63) is 46.8 Å². The molecule has 0 fully saturated rings. The van der Waals surface area contributed by atoms with Crippen molar-refractivity contribution in [2.75, 3.05) is 19.0 Å². The van der Waals surface area contributed by atoms with Gasteiger partial charge >= 0.3 is 0 Å². The summed E-state index contributed by atoms with van der Waals surface area (Å²) >= 11 is 0. The van der Waals surface area contributed by atoms with E-state index < -0.39 is 0 Å². The highest BCUT2D eigenvalue weighted by Crippen LogP contribution is 2.25. The van der Waals surface area contributed by atoms with Crippen molar-refractivity contribution in [3.63, 3.8) is 0 Å². The minimum atomic E-state index is -0.178. The van der Waals surface area contributed by atoms with Crippen LogP contribution in [0.2, 0.25) is 0 Å². The quantitative estimate of drug-likeness (QED) is 0.855. The average Bonchev–Trinajstić information content (AvgIpc) is 2.76. The summed E-state index contributed by atoms with van der Waals surface area (Å²) in [6.45, 7) is 3.80. The Bertz CT molecular complexity index is 601.